The smallest absolute Gasteiger partial charge is 0.0979 e. The van der Waals surface area contributed by atoms with Gasteiger partial charge in [-0.1, -0.05) is 133 Å². The molecule has 0 saturated carbocycles. The zero-order valence-electron chi connectivity index (χ0n) is 25.4. The molecular weight excluding hydrogens is 571 g/mol. The Labute approximate surface area is 271 Å². The minimum Gasteiger partial charge on any atom is -0.309 e. The molecule has 3 heteroatoms. The number of hydrogen-bond acceptors (Lipinski definition) is 2. The monoisotopic (exact) mass is 597 g/mol. The zero-order chi connectivity index (χ0) is 30.9. The summed E-state index contributed by atoms with van der Waals surface area (Å²) in [6.07, 6.45) is 0. The molecule has 8 aromatic carbocycles. The molecule has 0 amide bonds. The summed E-state index contributed by atoms with van der Waals surface area (Å²) in [7, 11) is 0. The van der Waals surface area contributed by atoms with Crippen LogP contribution in [0.3, 0.4) is 0 Å². The van der Waals surface area contributed by atoms with Gasteiger partial charge in [-0.25, -0.2) is 9.97 Å². The van der Waals surface area contributed by atoms with Crippen LogP contribution in [0.15, 0.2) is 164 Å². The molecule has 0 radical (unpaired) electrons. The van der Waals surface area contributed by atoms with Gasteiger partial charge < -0.3 is 4.57 Å². The van der Waals surface area contributed by atoms with E-state index in [0.717, 1.165) is 44.6 Å². The lowest BCUT2D eigenvalue weighted by Crippen LogP contribution is -1.98. The van der Waals surface area contributed by atoms with Gasteiger partial charge in [0.15, 0.2) is 0 Å². The predicted octanol–water partition coefficient (Wildman–Crippen LogP) is 11.5. The van der Waals surface area contributed by atoms with Crippen molar-refractivity contribution in [2.75, 3.05) is 0 Å². The van der Waals surface area contributed by atoms with E-state index < -0.39 is 0 Å². The molecule has 0 atom stereocenters. The molecule has 2 aromatic heterocycles. The lowest BCUT2D eigenvalue weighted by atomic mass is 9.97. The molecule has 0 aliphatic carbocycles. The topological polar surface area (TPSA) is 30.7 Å². The van der Waals surface area contributed by atoms with E-state index in [2.05, 4.69) is 138 Å². The van der Waals surface area contributed by atoms with Crippen LogP contribution in [0, 0.1) is 0 Å². The van der Waals surface area contributed by atoms with Crippen molar-refractivity contribution in [2.24, 2.45) is 0 Å². The van der Waals surface area contributed by atoms with Crippen LogP contribution in [0.4, 0.5) is 0 Å². The molecule has 0 aliphatic heterocycles. The van der Waals surface area contributed by atoms with E-state index in [1.807, 2.05) is 30.3 Å². The Hall–Kier alpha value is -6.32. The van der Waals surface area contributed by atoms with E-state index in [1.165, 1.54) is 48.7 Å². The van der Waals surface area contributed by atoms with Crippen molar-refractivity contribution in [3.63, 3.8) is 0 Å². The summed E-state index contributed by atoms with van der Waals surface area (Å²) in [5.41, 5.74) is 9.20. The van der Waals surface area contributed by atoms with Crippen LogP contribution in [0.1, 0.15) is 0 Å². The second-order valence-electron chi connectivity index (χ2n) is 12.2. The predicted molar refractivity (Wildman–Crippen MR) is 197 cm³/mol. The molecule has 0 unspecified atom stereocenters. The molecule has 0 bridgehead atoms. The largest absolute Gasteiger partial charge is 0.309 e. The van der Waals surface area contributed by atoms with E-state index in [9.17, 15) is 0 Å². The maximum absolute atomic E-state index is 5.26. The van der Waals surface area contributed by atoms with Gasteiger partial charge in [-0.05, 0) is 57.3 Å². The van der Waals surface area contributed by atoms with Crippen molar-refractivity contribution < 1.29 is 0 Å². The van der Waals surface area contributed by atoms with Crippen molar-refractivity contribution >= 4 is 65.2 Å². The molecule has 10 aromatic rings. The first-order chi connectivity index (χ1) is 23.3. The quantitative estimate of drug-likeness (QED) is 0.203. The van der Waals surface area contributed by atoms with Gasteiger partial charge in [0.2, 0.25) is 0 Å². The molecule has 0 saturated heterocycles. The summed E-state index contributed by atoms with van der Waals surface area (Å²) in [4.78, 5) is 10.4. The van der Waals surface area contributed by atoms with Crippen LogP contribution < -0.4 is 0 Å². The fourth-order valence-electron chi connectivity index (χ4n) is 7.49. The Morgan fingerprint density at radius 1 is 0.362 bits per heavy atom. The van der Waals surface area contributed by atoms with Gasteiger partial charge in [-0.15, -0.1) is 0 Å². The van der Waals surface area contributed by atoms with E-state index in [1.54, 1.807) is 0 Å². The van der Waals surface area contributed by atoms with Crippen molar-refractivity contribution in [1.29, 1.82) is 0 Å². The summed E-state index contributed by atoms with van der Waals surface area (Å²) in [6, 6.07) is 58.3. The Kier molecular flexibility index (Phi) is 5.57. The van der Waals surface area contributed by atoms with Crippen LogP contribution in [-0.2, 0) is 0 Å². The number of para-hydroxylation sites is 2. The van der Waals surface area contributed by atoms with E-state index in [4.69, 9.17) is 9.97 Å². The van der Waals surface area contributed by atoms with Crippen molar-refractivity contribution in [3.8, 4) is 28.2 Å². The second kappa shape index (κ2) is 10.1. The highest BCUT2D eigenvalue weighted by Gasteiger charge is 2.20. The van der Waals surface area contributed by atoms with Gasteiger partial charge >= 0.3 is 0 Å². The number of fused-ring (bicyclic) bond motifs is 9. The summed E-state index contributed by atoms with van der Waals surface area (Å²) >= 11 is 0. The molecule has 0 aliphatic rings. The van der Waals surface area contributed by atoms with Gasteiger partial charge in [0.1, 0.15) is 0 Å². The number of rotatable bonds is 3. The van der Waals surface area contributed by atoms with E-state index in [0.29, 0.717) is 0 Å². The minimum absolute atomic E-state index is 0.886. The third-order valence-electron chi connectivity index (χ3n) is 9.56. The molecule has 2 heterocycles. The standard InChI is InChI=1S/C44H27N3/c1-2-14-30(15-3-1)43-44(46-37-22-9-8-21-36(37)45-43)35-20-10-19-34-33(35)18-11-23-38(34)47-39-26-24-28-12-4-6-16-31(28)41(39)42-32-17-7-5-13-29(32)25-27-40(42)47/h1-27H. The molecule has 10 rings (SSSR count). The number of aromatic nitrogens is 3. The van der Waals surface area contributed by atoms with Gasteiger partial charge in [0, 0.05) is 27.3 Å². The van der Waals surface area contributed by atoms with Crippen LogP contribution in [0.2, 0.25) is 0 Å². The van der Waals surface area contributed by atoms with Crippen LogP contribution >= 0.6 is 0 Å². The van der Waals surface area contributed by atoms with Crippen LogP contribution in [-0.4, -0.2) is 14.5 Å². The molecule has 47 heavy (non-hydrogen) atoms. The number of hydrogen-bond donors (Lipinski definition) is 0. The normalized spacial score (nSPS) is 11.8. The molecule has 0 fully saturated rings. The Balaban J connectivity index is 1.32. The van der Waals surface area contributed by atoms with E-state index >= 15 is 0 Å². The Morgan fingerprint density at radius 3 is 1.57 bits per heavy atom. The summed E-state index contributed by atoms with van der Waals surface area (Å²) < 4.78 is 2.46. The Morgan fingerprint density at radius 2 is 0.894 bits per heavy atom. The fourth-order valence-corrected chi connectivity index (χ4v) is 7.49. The third kappa shape index (κ3) is 3.87. The van der Waals surface area contributed by atoms with Gasteiger partial charge in [0.05, 0.1) is 39.1 Å². The van der Waals surface area contributed by atoms with Gasteiger partial charge in [0.25, 0.3) is 0 Å². The van der Waals surface area contributed by atoms with Crippen molar-refractivity contribution in [3.05, 3.63) is 164 Å². The number of nitrogens with zero attached hydrogens (tertiary/aromatic N) is 3. The Bertz CT molecular complexity index is 2750. The highest BCUT2D eigenvalue weighted by molar-refractivity contribution is 6.28. The molecule has 218 valence electrons. The highest BCUT2D eigenvalue weighted by atomic mass is 15.0. The maximum Gasteiger partial charge on any atom is 0.0979 e. The van der Waals surface area contributed by atoms with Crippen molar-refractivity contribution in [2.45, 2.75) is 0 Å². The summed E-state index contributed by atoms with van der Waals surface area (Å²) in [5.74, 6) is 0. The summed E-state index contributed by atoms with van der Waals surface area (Å²) in [6.45, 7) is 0. The van der Waals surface area contributed by atoms with Gasteiger partial charge in [-0.3, -0.25) is 0 Å². The molecule has 0 spiro atoms. The van der Waals surface area contributed by atoms with Crippen LogP contribution in [0.25, 0.3) is 93.4 Å². The number of benzene rings is 8. The second-order valence-corrected chi connectivity index (χ2v) is 12.2. The highest BCUT2D eigenvalue weighted by Crippen LogP contribution is 2.43. The first kappa shape index (κ1) is 26.0. The average Bonchev–Trinajstić information content (AvgIpc) is 3.49. The molecular formula is C44H27N3. The maximum atomic E-state index is 5.26. The first-order valence-electron chi connectivity index (χ1n) is 16.0. The van der Waals surface area contributed by atoms with Crippen LogP contribution in [0.5, 0.6) is 0 Å². The zero-order valence-corrected chi connectivity index (χ0v) is 25.4. The molecule has 3 nitrogen and oxygen atoms in total. The average molecular weight is 598 g/mol. The molecule has 0 N–H and O–H groups in total. The minimum atomic E-state index is 0.886. The lowest BCUT2D eigenvalue weighted by Gasteiger charge is -2.16. The summed E-state index contributed by atoms with van der Waals surface area (Å²) in [5, 5.41) is 9.91. The lowest BCUT2D eigenvalue weighted by molar-refractivity contribution is 1.20. The van der Waals surface area contributed by atoms with Crippen molar-refractivity contribution in [1.82, 2.24) is 14.5 Å². The third-order valence-corrected chi connectivity index (χ3v) is 9.56. The van der Waals surface area contributed by atoms with Gasteiger partial charge in [-0.2, -0.15) is 0 Å². The fraction of sp³-hybridized carbons (Fsp3) is 0. The first-order valence-corrected chi connectivity index (χ1v) is 16.0. The SMILES string of the molecule is c1ccc(-c2nc3ccccc3nc2-c2cccc3c(-n4c5ccc6ccccc6c5c5c6ccccc6ccc54)cccc23)cc1. The van der Waals surface area contributed by atoms with E-state index in [-0.39, 0.29) is 0 Å².